The Balaban J connectivity index is 3.12. The molecule has 0 saturated carbocycles. The average Bonchev–Trinajstić information content (AvgIpc) is 2.03. The van der Waals surface area contributed by atoms with E-state index in [2.05, 4.69) is 33.8 Å². The van der Waals surface area contributed by atoms with Crippen LogP contribution in [0, 0.1) is 12.8 Å². The van der Waals surface area contributed by atoms with Crippen molar-refractivity contribution in [2.24, 2.45) is 5.92 Å². The van der Waals surface area contributed by atoms with Crippen molar-refractivity contribution in [2.75, 3.05) is 0 Å². The number of halogens is 1. The van der Waals surface area contributed by atoms with E-state index >= 15 is 0 Å². The Morgan fingerprint density at radius 2 is 1.77 bits per heavy atom. The Hall–Kier alpha value is -0.490. The number of benzene rings is 1. The average molecular weight is 197 g/mol. The van der Waals surface area contributed by atoms with Crippen LogP contribution in [0.4, 0.5) is 0 Å². The smallest absolute Gasteiger partial charge is 0.0443 e. The Morgan fingerprint density at radius 1 is 1.15 bits per heavy atom. The number of aryl methyl sites for hydroxylation is 1. The fourth-order valence-corrected chi connectivity index (χ4v) is 1.95. The summed E-state index contributed by atoms with van der Waals surface area (Å²) in [5.74, 6) is 1.17. The van der Waals surface area contributed by atoms with Gasteiger partial charge in [0.25, 0.3) is 0 Å². The van der Waals surface area contributed by atoms with Gasteiger partial charge >= 0.3 is 0 Å². The lowest BCUT2D eigenvalue weighted by atomic mass is 9.87. The van der Waals surface area contributed by atoms with Crippen molar-refractivity contribution < 1.29 is 0 Å². The monoisotopic (exact) mass is 196 g/mol. The Morgan fingerprint density at radius 3 is 2.23 bits per heavy atom. The minimum Gasteiger partial charge on any atom is -0.0840 e. The maximum atomic E-state index is 6.17. The summed E-state index contributed by atoms with van der Waals surface area (Å²) < 4.78 is 0. The van der Waals surface area contributed by atoms with E-state index < -0.39 is 0 Å². The van der Waals surface area contributed by atoms with Crippen molar-refractivity contribution in [1.29, 1.82) is 0 Å². The minimum absolute atomic E-state index is 0.536. The third-order valence-corrected chi connectivity index (χ3v) is 3.06. The van der Waals surface area contributed by atoms with Crippen molar-refractivity contribution in [3.8, 4) is 0 Å². The predicted molar refractivity (Wildman–Crippen MR) is 59.4 cm³/mol. The van der Waals surface area contributed by atoms with Crippen LogP contribution in [-0.4, -0.2) is 0 Å². The van der Waals surface area contributed by atoms with E-state index in [4.69, 9.17) is 11.6 Å². The maximum absolute atomic E-state index is 6.17. The summed E-state index contributed by atoms with van der Waals surface area (Å²) in [4.78, 5) is 0. The fourth-order valence-electron chi connectivity index (χ4n) is 1.55. The molecule has 0 aliphatic heterocycles. The molecule has 0 aromatic heterocycles. The first-order valence-electron chi connectivity index (χ1n) is 4.79. The molecule has 0 aliphatic rings. The van der Waals surface area contributed by atoms with Crippen LogP contribution in [0.25, 0.3) is 0 Å². The highest BCUT2D eigenvalue weighted by Gasteiger charge is 2.14. The van der Waals surface area contributed by atoms with Gasteiger partial charge in [0, 0.05) is 5.02 Å². The molecule has 13 heavy (non-hydrogen) atoms. The van der Waals surface area contributed by atoms with E-state index in [1.165, 1.54) is 11.1 Å². The zero-order valence-electron chi connectivity index (χ0n) is 8.76. The molecule has 0 N–H and O–H groups in total. The van der Waals surface area contributed by atoms with Crippen LogP contribution in [-0.2, 0) is 0 Å². The molecule has 0 spiro atoms. The van der Waals surface area contributed by atoms with Gasteiger partial charge in [-0.25, -0.2) is 0 Å². The summed E-state index contributed by atoms with van der Waals surface area (Å²) >= 11 is 6.17. The van der Waals surface area contributed by atoms with Crippen molar-refractivity contribution in [3.63, 3.8) is 0 Å². The topological polar surface area (TPSA) is 0 Å². The van der Waals surface area contributed by atoms with Crippen LogP contribution in [0.5, 0.6) is 0 Å². The first kappa shape index (κ1) is 10.6. The highest BCUT2D eigenvalue weighted by atomic mass is 35.5. The molecule has 0 radical (unpaired) electrons. The summed E-state index contributed by atoms with van der Waals surface area (Å²) in [6.07, 6.45) is 0. The van der Waals surface area contributed by atoms with Gasteiger partial charge in [-0.15, -0.1) is 0 Å². The Kier molecular flexibility index (Phi) is 3.38. The van der Waals surface area contributed by atoms with Crippen LogP contribution >= 0.6 is 11.6 Å². The molecule has 0 nitrogen and oxygen atoms in total. The van der Waals surface area contributed by atoms with Gasteiger partial charge in [-0.05, 0) is 36.0 Å². The lowest BCUT2D eigenvalue weighted by Gasteiger charge is -2.19. The zero-order chi connectivity index (χ0) is 10.0. The molecule has 0 bridgehead atoms. The summed E-state index contributed by atoms with van der Waals surface area (Å²) in [5.41, 5.74) is 2.60. The zero-order valence-corrected chi connectivity index (χ0v) is 9.52. The van der Waals surface area contributed by atoms with Gasteiger partial charge in [-0.2, -0.15) is 0 Å². The molecule has 0 heterocycles. The van der Waals surface area contributed by atoms with Crippen LogP contribution in [0.2, 0.25) is 5.02 Å². The lowest BCUT2D eigenvalue weighted by Crippen LogP contribution is -2.04. The molecule has 0 unspecified atom stereocenters. The Labute approximate surface area is 85.9 Å². The predicted octanol–water partition coefficient (Wildman–Crippen LogP) is 4.41. The van der Waals surface area contributed by atoms with Crippen molar-refractivity contribution in [2.45, 2.75) is 33.6 Å². The summed E-state index contributed by atoms with van der Waals surface area (Å²) in [6.45, 7) is 8.82. The summed E-state index contributed by atoms with van der Waals surface area (Å²) in [7, 11) is 0. The first-order chi connectivity index (χ1) is 6.04. The summed E-state index contributed by atoms with van der Waals surface area (Å²) in [6, 6.07) is 6.11. The molecule has 1 aromatic rings. The second kappa shape index (κ2) is 4.15. The molecular weight excluding hydrogens is 180 g/mol. The SMILES string of the molecule is Cc1cccc(Cl)c1[C@@H](C)C(C)C. The van der Waals surface area contributed by atoms with E-state index in [-0.39, 0.29) is 0 Å². The van der Waals surface area contributed by atoms with Gasteiger partial charge in [0.15, 0.2) is 0 Å². The van der Waals surface area contributed by atoms with Crippen molar-refractivity contribution in [1.82, 2.24) is 0 Å². The van der Waals surface area contributed by atoms with Crippen LogP contribution in [0.1, 0.15) is 37.8 Å². The number of rotatable bonds is 2. The third kappa shape index (κ3) is 2.25. The molecule has 1 atom stereocenters. The highest BCUT2D eigenvalue weighted by molar-refractivity contribution is 6.31. The van der Waals surface area contributed by atoms with Gasteiger partial charge < -0.3 is 0 Å². The minimum atomic E-state index is 0.536. The van der Waals surface area contributed by atoms with Crippen LogP contribution < -0.4 is 0 Å². The van der Waals surface area contributed by atoms with Gasteiger partial charge in [0.1, 0.15) is 0 Å². The van der Waals surface area contributed by atoms with Gasteiger partial charge in [-0.3, -0.25) is 0 Å². The van der Waals surface area contributed by atoms with Gasteiger partial charge in [0.2, 0.25) is 0 Å². The molecule has 0 amide bonds. The van der Waals surface area contributed by atoms with Crippen molar-refractivity contribution >= 4 is 11.6 Å². The number of hydrogen-bond acceptors (Lipinski definition) is 0. The first-order valence-corrected chi connectivity index (χ1v) is 5.17. The van der Waals surface area contributed by atoms with E-state index in [0.29, 0.717) is 11.8 Å². The van der Waals surface area contributed by atoms with Crippen LogP contribution in [0.15, 0.2) is 18.2 Å². The normalized spacial score (nSPS) is 13.4. The van der Waals surface area contributed by atoms with E-state index in [0.717, 1.165) is 5.02 Å². The maximum Gasteiger partial charge on any atom is 0.0443 e. The molecule has 0 fully saturated rings. The quantitative estimate of drug-likeness (QED) is 0.658. The Bertz CT molecular complexity index is 269. The third-order valence-electron chi connectivity index (χ3n) is 2.73. The molecular formula is C12H17Cl. The second-order valence-electron chi connectivity index (χ2n) is 4.00. The van der Waals surface area contributed by atoms with Crippen LogP contribution in [0.3, 0.4) is 0 Å². The fraction of sp³-hybridized carbons (Fsp3) is 0.500. The molecule has 1 heteroatoms. The highest BCUT2D eigenvalue weighted by Crippen LogP contribution is 2.32. The molecule has 1 aromatic carbocycles. The molecule has 72 valence electrons. The largest absolute Gasteiger partial charge is 0.0840 e. The van der Waals surface area contributed by atoms with Crippen molar-refractivity contribution in [3.05, 3.63) is 34.3 Å². The van der Waals surface area contributed by atoms with E-state index in [1.807, 2.05) is 12.1 Å². The molecule has 0 saturated heterocycles. The van der Waals surface area contributed by atoms with Gasteiger partial charge in [-0.1, -0.05) is 44.5 Å². The summed E-state index contributed by atoms with van der Waals surface area (Å²) in [5, 5.41) is 0.904. The second-order valence-corrected chi connectivity index (χ2v) is 4.41. The van der Waals surface area contributed by atoms with E-state index in [9.17, 15) is 0 Å². The van der Waals surface area contributed by atoms with Gasteiger partial charge in [0.05, 0.1) is 0 Å². The standard InChI is InChI=1S/C12H17Cl/c1-8(2)10(4)12-9(3)6-5-7-11(12)13/h5-8,10H,1-4H3/t10-/m0/s1. The van der Waals surface area contributed by atoms with E-state index in [1.54, 1.807) is 0 Å². The molecule has 1 rings (SSSR count). The molecule has 0 aliphatic carbocycles. The lowest BCUT2D eigenvalue weighted by molar-refractivity contribution is 0.533. The number of hydrogen-bond donors (Lipinski definition) is 0.